The molecule has 0 heterocycles. The van der Waals surface area contributed by atoms with Gasteiger partial charge in [0.1, 0.15) is 12.4 Å². The molecule has 0 aromatic rings. The van der Waals surface area contributed by atoms with E-state index in [1.165, 1.54) is 250 Å². The lowest BCUT2D eigenvalue weighted by atomic mass is 9.68. The maximum atomic E-state index is 12.2. The van der Waals surface area contributed by atoms with Crippen molar-refractivity contribution in [3.63, 3.8) is 0 Å². The van der Waals surface area contributed by atoms with Gasteiger partial charge in [-0.05, 0) is 24.7 Å². The van der Waals surface area contributed by atoms with Crippen LogP contribution in [0.15, 0.2) is 0 Å². The minimum Gasteiger partial charge on any atom is -0.328 e. The van der Waals surface area contributed by atoms with Crippen molar-refractivity contribution in [2.45, 2.75) is 373 Å². The maximum Gasteiger partial charge on any atom is 0.327 e. The zero-order valence-corrected chi connectivity index (χ0v) is 50.9. The number of rotatable bonds is 62. The smallest absolute Gasteiger partial charge is 0.327 e. The van der Waals surface area contributed by atoms with E-state index in [1.807, 2.05) is 0 Å². The van der Waals surface area contributed by atoms with E-state index in [4.69, 9.17) is 13.6 Å². The fraction of sp³-hybridized carbons (Fsp3) is 0.983. The van der Waals surface area contributed by atoms with Crippen molar-refractivity contribution in [3.8, 4) is 0 Å². The van der Waals surface area contributed by atoms with Crippen molar-refractivity contribution in [2.75, 3.05) is 0 Å². The molecular formula is C60H123O10P3. The molecule has 0 amide bonds. The minimum absolute atomic E-state index is 0.254. The average molecular weight is 1100 g/mol. The van der Waals surface area contributed by atoms with E-state index in [0.717, 1.165) is 77.0 Å². The fourth-order valence-electron chi connectivity index (χ4n) is 11.4. The van der Waals surface area contributed by atoms with Gasteiger partial charge in [-0.1, -0.05) is 329 Å². The lowest BCUT2D eigenvalue weighted by Gasteiger charge is -2.45. The molecular weight excluding hydrogens is 974 g/mol. The SMILES string of the molecule is CCCCCCCCCCCCCCCCCCC(CCCCCCCCCCCCCCCCCC)(CCCCCCCCCCCCCCCCCC)[C@@H](OP(O)O)[C@H](C[C@H](C=O)OP(O)O)OP(O)O. The molecule has 0 unspecified atom stereocenters. The summed E-state index contributed by atoms with van der Waals surface area (Å²) >= 11 is 0. The topological polar surface area (TPSA) is 166 Å². The Bertz CT molecular complexity index is 1000. The van der Waals surface area contributed by atoms with Gasteiger partial charge in [-0.2, -0.15) is 0 Å². The average Bonchev–Trinajstić information content (AvgIpc) is 3.36. The van der Waals surface area contributed by atoms with Crippen LogP contribution in [0.25, 0.3) is 0 Å². The first-order valence-electron chi connectivity index (χ1n) is 31.6. The molecule has 0 saturated heterocycles. The molecule has 0 bridgehead atoms. The van der Waals surface area contributed by atoms with E-state index in [1.54, 1.807) is 0 Å². The molecule has 438 valence electrons. The second-order valence-corrected chi connectivity index (χ2v) is 24.6. The van der Waals surface area contributed by atoms with Gasteiger partial charge < -0.3 is 47.7 Å². The van der Waals surface area contributed by atoms with Crippen LogP contribution in [-0.2, 0) is 18.4 Å². The molecule has 0 aliphatic rings. The highest BCUT2D eigenvalue weighted by Gasteiger charge is 2.46. The quantitative estimate of drug-likeness (QED) is 0.0196. The van der Waals surface area contributed by atoms with E-state index < -0.39 is 49.5 Å². The summed E-state index contributed by atoms with van der Waals surface area (Å²) in [7, 11) is -8.70. The maximum absolute atomic E-state index is 12.2. The Labute approximate surface area is 456 Å². The highest BCUT2D eigenvalue weighted by molar-refractivity contribution is 7.40. The molecule has 73 heavy (non-hydrogen) atoms. The third-order valence-electron chi connectivity index (χ3n) is 15.8. The second kappa shape index (κ2) is 57.3. The molecule has 3 atom stereocenters. The Morgan fingerprint density at radius 2 is 0.521 bits per heavy atom. The Morgan fingerprint density at radius 3 is 0.712 bits per heavy atom. The van der Waals surface area contributed by atoms with Crippen LogP contribution in [0.2, 0.25) is 0 Å². The van der Waals surface area contributed by atoms with Crippen LogP contribution in [0, 0.1) is 5.41 Å². The molecule has 0 fully saturated rings. The summed E-state index contributed by atoms with van der Waals surface area (Å²) in [5.41, 5.74) is -0.610. The molecule has 0 aromatic carbocycles. The molecule has 0 radical (unpaired) electrons. The van der Waals surface area contributed by atoms with Gasteiger partial charge in [0, 0.05) is 6.42 Å². The van der Waals surface area contributed by atoms with E-state index >= 15 is 0 Å². The van der Waals surface area contributed by atoms with Crippen molar-refractivity contribution in [1.29, 1.82) is 0 Å². The van der Waals surface area contributed by atoms with Crippen molar-refractivity contribution < 1.29 is 47.7 Å². The third-order valence-corrected chi connectivity index (χ3v) is 17.1. The highest BCUT2D eigenvalue weighted by atomic mass is 31.2. The first-order valence-corrected chi connectivity index (χ1v) is 35.1. The van der Waals surface area contributed by atoms with E-state index in [2.05, 4.69) is 20.8 Å². The Balaban J connectivity index is 5.80. The molecule has 10 nitrogen and oxygen atoms in total. The van der Waals surface area contributed by atoms with Crippen molar-refractivity contribution in [3.05, 3.63) is 0 Å². The highest BCUT2D eigenvalue weighted by Crippen LogP contribution is 2.50. The number of hydrogen-bond acceptors (Lipinski definition) is 10. The first-order chi connectivity index (χ1) is 35.6. The van der Waals surface area contributed by atoms with Crippen molar-refractivity contribution >= 4 is 32.1 Å². The second-order valence-electron chi connectivity index (χ2n) is 22.5. The number of unbranched alkanes of at least 4 members (excludes halogenated alkanes) is 45. The van der Waals surface area contributed by atoms with Crippen LogP contribution in [-0.4, -0.2) is 54.0 Å². The van der Waals surface area contributed by atoms with Crippen LogP contribution in [0.5, 0.6) is 0 Å². The Hall–Kier alpha value is 0.600. The zero-order chi connectivity index (χ0) is 53.6. The van der Waals surface area contributed by atoms with Crippen LogP contribution < -0.4 is 0 Å². The van der Waals surface area contributed by atoms with Gasteiger partial charge in [-0.25, -0.2) is 0 Å². The van der Waals surface area contributed by atoms with Crippen LogP contribution in [0.3, 0.4) is 0 Å². The lowest BCUT2D eigenvalue weighted by molar-refractivity contribution is -0.118. The summed E-state index contributed by atoms with van der Waals surface area (Å²) < 4.78 is 17.0. The molecule has 0 aromatic heterocycles. The van der Waals surface area contributed by atoms with Gasteiger partial charge in [0.2, 0.25) is 0 Å². The molecule has 6 N–H and O–H groups in total. The van der Waals surface area contributed by atoms with Gasteiger partial charge in [0.15, 0.2) is 0 Å². The minimum atomic E-state index is -2.93. The first kappa shape index (κ1) is 73.6. The molecule has 0 saturated carbocycles. The molecule has 0 spiro atoms. The van der Waals surface area contributed by atoms with Crippen LogP contribution >= 0.6 is 25.8 Å². The summed E-state index contributed by atoms with van der Waals surface area (Å²) in [6.07, 6.45) is 60.0. The van der Waals surface area contributed by atoms with Gasteiger partial charge >= 0.3 is 25.8 Å². The Kier molecular flexibility index (Phi) is 57.8. The summed E-state index contributed by atoms with van der Waals surface area (Å²) in [4.78, 5) is 73.5. The predicted octanol–water partition coefficient (Wildman–Crippen LogP) is 20.3. The van der Waals surface area contributed by atoms with E-state index in [0.29, 0.717) is 6.29 Å². The van der Waals surface area contributed by atoms with Gasteiger partial charge in [-0.3, -0.25) is 0 Å². The number of carbonyl (C=O) groups excluding carboxylic acids is 1. The summed E-state index contributed by atoms with van der Waals surface area (Å²) in [5, 5.41) is 0. The predicted molar refractivity (Wildman–Crippen MR) is 314 cm³/mol. The molecule has 0 rings (SSSR count). The number of hydrogen-bond donors (Lipinski definition) is 6. The normalized spacial score (nSPS) is 13.5. The van der Waals surface area contributed by atoms with Crippen molar-refractivity contribution in [1.82, 2.24) is 0 Å². The van der Waals surface area contributed by atoms with Crippen LogP contribution in [0.4, 0.5) is 0 Å². The largest absolute Gasteiger partial charge is 0.328 e. The summed E-state index contributed by atoms with van der Waals surface area (Å²) in [5.74, 6) is 0. The van der Waals surface area contributed by atoms with Gasteiger partial charge in [-0.15, -0.1) is 0 Å². The standard InChI is InChI=1S/C60H123O10P3/c1-4-7-10-13-16-19-22-25-28-31-34-37-40-43-46-49-52-60(53-50-47-44-41-38-35-32-29-26-23-20-17-14-11-8-5-2,54-51-48-45-42-39-36-33-30-27-24-21-18-15-12-9-6-3)59(70-73(66)67)58(69-72(64)65)55-57(56-61)68-71(62)63/h56-59,62-67H,4-55H2,1-3H3/t57-,58+,59+/m1/s1. The number of carbonyl (C=O) groups is 1. The fourth-order valence-corrected chi connectivity index (χ4v) is 12.7. The summed E-state index contributed by atoms with van der Waals surface area (Å²) in [6, 6.07) is 0. The lowest BCUT2D eigenvalue weighted by Crippen LogP contribution is -2.47. The van der Waals surface area contributed by atoms with Crippen LogP contribution in [0.1, 0.15) is 355 Å². The molecule has 0 aliphatic heterocycles. The Morgan fingerprint density at radius 1 is 0.315 bits per heavy atom. The zero-order valence-electron chi connectivity index (χ0n) is 48.2. The van der Waals surface area contributed by atoms with Gasteiger partial charge in [0.25, 0.3) is 0 Å². The van der Waals surface area contributed by atoms with E-state index in [-0.39, 0.29) is 6.42 Å². The monoisotopic (exact) mass is 1100 g/mol. The van der Waals surface area contributed by atoms with E-state index in [9.17, 15) is 34.2 Å². The molecule has 0 aliphatic carbocycles. The van der Waals surface area contributed by atoms with Crippen molar-refractivity contribution in [2.24, 2.45) is 5.41 Å². The molecule has 13 heteroatoms. The summed E-state index contributed by atoms with van der Waals surface area (Å²) in [6.45, 7) is 6.82. The van der Waals surface area contributed by atoms with Gasteiger partial charge in [0.05, 0.1) is 12.2 Å². The number of aldehydes is 1. The third kappa shape index (κ3) is 49.4.